The molecule has 0 spiro atoms. The molecule has 0 aromatic heterocycles. The van der Waals surface area contributed by atoms with E-state index in [1.165, 1.54) is 19.2 Å². The third-order valence-electron chi connectivity index (χ3n) is 4.55. The van der Waals surface area contributed by atoms with E-state index < -0.39 is 39.1 Å². The number of amides is 1. The standard InChI is InChI=1S/C22H19F3N2O4S/c1-31-18-10-7-15(22(28)27-17-9-8-16(23)20(24)21(17)25)13-19(18)32(29,30)26-12-11-14-5-3-2-4-6-14/h2-10,13,26H,11-12H2,1H3,(H,27,28). The first-order valence-electron chi connectivity index (χ1n) is 9.39. The molecule has 32 heavy (non-hydrogen) atoms. The van der Waals surface area contributed by atoms with Crippen molar-refractivity contribution in [1.82, 2.24) is 4.72 Å². The molecule has 0 saturated heterocycles. The normalized spacial score (nSPS) is 11.2. The third kappa shape index (κ3) is 5.27. The number of carbonyl (C=O) groups excluding carboxylic acids is 1. The summed E-state index contributed by atoms with van der Waals surface area (Å²) in [6.45, 7) is 0.103. The van der Waals surface area contributed by atoms with Crippen LogP contribution >= 0.6 is 0 Å². The molecule has 3 aromatic carbocycles. The Hall–Kier alpha value is -3.37. The largest absolute Gasteiger partial charge is 0.495 e. The molecular weight excluding hydrogens is 445 g/mol. The Labute approximate surface area is 183 Å². The number of halogens is 3. The number of sulfonamides is 1. The van der Waals surface area contributed by atoms with Crippen LogP contribution < -0.4 is 14.8 Å². The zero-order chi connectivity index (χ0) is 23.3. The van der Waals surface area contributed by atoms with Crippen molar-refractivity contribution in [2.24, 2.45) is 0 Å². The predicted octanol–water partition coefficient (Wildman–Crippen LogP) is 3.89. The molecular formula is C22H19F3N2O4S. The van der Waals surface area contributed by atoms with Crippen LogP contribution in [-0.2, 0) is 16.4 Å². The highest BCUT2D eigenvalue weighted by Gasteiger charge is 2.22. The van der Waals surface area contributed by atoms with Gasteiger partial charge < -0.3 is 10.1 Å². The molecule has 0 saturated carbocycles. The molecule has 0 unspecified atom stereocenters. The van der Waals surface area contributed by atoms with E-state index in [4.69, 9.17) is 4.74 Å². The zero-order valence-electron chi connectivity index (χ0n) is 16.9. The van der Waals surface area contributed by atoms with Gasteiger partial charge in [0.1, 0.15) is 10.6 Å². The molecule has 0 aliphatic rings. The summed E-state index contributed by atoms with van der Waals surface area (Å²) in [6, 6.07) is 14.3. The average molecular weight is 464 g/mol. The summed E-state index contributed by atoms with van der Waals surface area (Å²) in [6.07, 6.45) is 0.442. The van der Waals surface area contributed by atoms with Crippen LogP contribution in [0.25, 0.3) is 0 Å². The second-order valence-corrected chi connectivity index (χ2v) is 8.41. The average Bonchev–Trinajstić information content (AvgIpc) is 2.79. The highest BCUT2D eigenvalue weighted by molar-refractivity contribution is 7.89. The van der Waals surface area contributed by atoms with E-state index in [1.807, 2.05) is 30.3 Å². The summed E-state index contributed by atoms with van der Waals surface area (Å²) >= 11 is 0. The number of rotatable bonds is 8. The minimum atomic E-state index is -4.06. The van der Waals surface area contributed by atoms with E-state index in [0.717, 1.165) is 17.7 Å². The number of methoxy groups -OCH3 is 1. The van der Waals surface area contributed by atoms with Gasteiger partial charge in [-0.05, 0) is 42.3 Å². The van der Waals surface area contributed by atoms with Gasteiger partial charge in [-0.15, -0.1) is 0 Å². The molecule has 0 radical (unpaired) electrons. The fourth-order valence-corrected chi connectivity index (χ4v) is 4.12. The molecule has 10 heteroatoms. The van der Waals surface area contributed by atoms with Crippen LogP contribution in [0.3, 0.4) is 0 Å². The quantitative estimate of drug-likeness (QED) is 0.496. The lowest BCUT2D eigenvalue weighted by atomic mass is 10.2. The van der Waals surface area contributed by atoms with Crippen molar-refractivity contribution < 1.29 is 31.1 Å². The summed E-state index contributed by atoms with van der Waals surface area (Å²) in [5, 5.41) is 2.10. The lowest BCUT2D eigenvalue weighted by Crippen LogP contribution is -2.27. The minimum absolute atomic E-state index is 0.00670. The van der Waals surface area contributed by atoms with E-state index >= 15 is 0 Å². The molecule has 0 bridgehead atoms. The van der Waals surface area contributed by atoms with Crippen molar-refractivity contribution in [3.8, 4) is 5.75 Å². The van der Waals surface area contributed by atoms with Crippen LogP contribution in [0.15, 0.2) is 65.6 Å². The molecule has 0 heterocycles. The van der Waals surface area contributed by atoms with Crippen molar-refractivity contribution >= 4 is 21.6 Å². The number of hydrogen-bond donors (Lipinski definition) is 2. The highest BCUT2D eigenvalue weighted by Crippen LogP contribution is 2.26. The first kappa shape index (κ1) is 23.3. The minimum Gasteiger partial charge on any atom is -0.495 e. The molecule has 0 fully saturated rings. The van der Waals surface area contributed by atoms with Crippen molar-refractivity contribution in [3.63, 3.8) is 0 Å². The smallest absolute Gasteiger partial charge is 0.255 e. The number of anilines is 1. The third-order valence-corrected chi connectivity index (χ3v) is 6.03. The Morgan fingerprint density at radius 1 is 0.969 bits per heavy atom. The first-order chi connectivity index (χ1) is 15.2. The van der Waals surface area contributed by atoms with Gasteiger partial charge in [0.05, 0.1) is 12.8 Å². The van der Waals surface area contributed by atoms with Gasteiger partial charge in [0.25, 0.3) is 5.91 Å². The van der Waals surface area contributed by atoms with Gasteiger partial charge in [-0.3, -0.25) is 4.79 Å². The molecule has 0 aliphatic carbocycles. The van der Waals surface area contributed by atoms with Gasteiger partial charge in [0, 0.05) is 12.1 Å². The van der Waals surface area contributed by atoms with Crippen LogP contribution in [0.2, 0.25) is 0 Å². The number of hydrogen-bond acceptors (Lipinski definition) is 4. The second kappa shape index (κ2) is 9.84. The van der Waals surface area contributed by atoms with Crippen LogP contribution in [0.4, 0.5) is 18.9 Å². The van der Waals surface area contributed by atoms with E-state index in [-0.39, 0.29) is 22.8 Å². The Balaban J connectivity index is 1.81. The molecule has 168 valence electrons. The lowest BCUT2D eigenvalue weighted by molar-refractivity contribution is 0.102. The monoisotopic (exact) mass is 464 g/mol. The molecule has 6 nitrogen and oxygen atoms in total. The molecule has 3 aromatic rings. The molecule has 0 atom stereocenters. The SMILES string of the molecule is COc1ccc(C(=O)Nc2ccc(F)c(F)c2F)cc1S(=O)(=O)NCCc1ccccc1. The maximum Gasteiger partial charge on any atom is 0.255 e. The second-order valence-electron chi connectivity index (χ2n) is 6.68. The maximum absolute atomic E-state index is 13.8. The van der Waals surface area contributed by atoms with Gasteiger partial charge in [0.2, 0.25) is 10.0 Å². The van der Waals surface area contributed by atoms with Gasteiger partial charge in [0.15, 0.2) is 17.5 Å². The number of carbonyl (C=O) groups is 1. The number of benzene rings is 3. The van der Waals surface area contributed by atoms with E-state index in [2.05, 4.69) is 10.0 Å². The summed E-state index contributed by atoms with van der Waals surface area (Å²) in [7, 11) is -2.79. The Morgan fingerprint density at radius 3 is 2.38 bits per heavy atom. The molecule has 2 N–H and O–H groups in total. The van der Waals surface area contributed by atoms with Crippen molar-refractivity contribution in [2.45, 2.75) is 11.3 Å². The van der Waals surface area contributed by atoms with Crippen LogP contribution in [0.1, 0.15) is 15.9 Å². The predicted molar refractivity (Wildman–Crippen MR) is 113 cm³/mol. The highest BCUT2D eigenvalue weighted by atomic mass is 32.2. The van der Waals surface area contributed by atoms with Crippen molar-refractivity contribution in [2.75, 3.05) is 19.0 Å². The van der Waals surface area contributed by atoms with Crippen LogP contribution in [0.5, 0.6) is 5.75 Å². The van der Waals surface area contributed by atoms with Gasteiger partial charge in [-0.2, -0.15) is 0 Å². The fourth-order valence-electron chi connectivity index (χ4n) is 2.90. The fraction of sp³-hybridized carbons (Fsp3) is 0.136. The van der Waals surface area contributed by atoms with Crippen LogP contribution in [0, 0.1) is 17.5 Å². The Kier molecular flexibility index (Phi) is 7.16. The van der Waals surface area contributed by atoms with Crippen molar-refractivity contribution in [1.29, 1.82) is 0 Å². The Bertz CT molecular complexity index is 1240. The first-order valence-corrected chi connectivity index (χ1v) is 10.9. The van der Waals surface area contributed by atoms with Crippen LogP contribution in [-0.4, -0.2) is 28.0 Å². The van der Waals surface area contributed by atoms with E-state index in [9.17, 15) is 26.4 Å². The van der Waals surface area contributed by atoms with E-state index in [1.54, 1.807) is 0 Å². The summed E-state index contributed by atoms with van der Waals surface area (Å²) in [5.41, 5.74) is 0.192. The van der Waals surface area contributed by atoms with Crippen molar-refractivity contribution in [3.05, 3.63) is 89.2 Å². The molecule has 0 aliphatic heterocycles. The summed E-state index contributed by atoms with van der Waals surface area (Å²) < 4.78 is 73.5. The lowest BCUT2D eigenvalue weighted by Gasteiger charge is -2.13. The summed E-state index contributed by atoms with van der Waals surface area (Å²) in [4.78, 5) is 12.2. The zero-order valence-corrected chi connectivity index (χ0v) is 17.7. The molecule has 1 amide bonds. The maximum atomic E-state index is 13.8. The topological polar surface area (TPSA) is 84.5 Å². The summed E-state index contributed by atoms with van der Waals surface area (Å²) in [5.74, 6) is -5.63. The number of ether oxygens (including phenoxy) is 1. The van der Waals surface area contributed by atoms with Gasteiger partial charge in [-0.1, -0.05) is 30.3 Å². The number of nitrogens with one attached hydrogen (secondary N) is 2. The van der Waals surface area contributed by atoms with E-state index in [0.29, 0.717) is 12.5 Å². The Morgan fingerprint density at radius 2 is 1.69 bits per heavy atom. The van der Waals surface area contributed by atoms with Gasteiger partial charge >= 0.3 is 0 Å². The molecule has 3 rings (SSSR count). The van der Waals surface area contributed by atoms with Gasteiger partial charge in [-0.25, -0.2) is 26.3 Å².